The van der Waals surface area contributed by atoms with E-state index < -0.39 is 0 Å². The number of carbonyl (C=O) groups is 1. The van der Waals surface area contributed by atoms with Gasteiger partial charge in [0.1, 0.15) is 12.7 Å². The van der Waals surface area contributed by atoms with Crippen LogP contribution in [0.1, 0.15) is 5.56 Å². The molecule has 0 aliphatic rings. The zero-order valence-corrected chi connectivity index (χ0v) is 13.9. The van der Waals surface area contributed by atoms with Crippen LogP contribution in [0.3, 0.4) is 0 Å². The molecule has 0 fully saturated rings. The molecule has 1 N–H and O–H groups in total. The van der Waals surface area contributed by atoms with E-state index in [4.69, 9.17) is 0 Å². The molecule has 0 spiro atoms. The van der Waals surface area contributed by atoms with Crippen LogP contribution in [0.25, 0.3) is 11.4 Å². The molecule has 0 aliphatic carbocycles. The third-order valence-electron chi connectivity index (χ3n) is 3.86. The quantitative estimate of drug-likeness (QED) is 0.604. The van der Waals surface area contributed by atoms with Gasteiger partial charge in [-0.05, 0) is 42.0 Å². The number of benzene rings is 2. The van der Waals surface area contributed by atoms with Crippen LogP contribution in [0, 0.1) is 0 Å². The molecule has 0 radical (unpaired) electrons. The van der Waals surface area contributed by atoms with Crippen molar-refractivity contribution in [3.8, 4) is 11.4 Å². The fourth-order valence-corrected chi connectivity index (χ4v) is 2.60. The van der Waals surface area contributed by atoms with Crippen LogP contribution >= 0.6 is 0 Å². The summed E-state index contributed by atoms with van der Waals surface area (Å²) in [6.45, 7) is 0. The molecule has 0 unspecified atom stereocenters. The topological polar surface area (TPSA) is 77.6 Å². The number of rotatable bonds is 5. The summed E-state index contributed by atoms with van der Waals surface area (Å²) < 4.78 is 3.42. The van der Waals surface area contributed by atoms with Gasteiger partial charge in [-0.2, -0.15) is 10.2 Å². The van der Waals surface area contributed by atoms with E-state index in [1.54, 1.807) is 21.9 Å². The standard InChI is InChI=1S/C19H16N6O/c26-19(10-15-11-21-24(12-15)17-4-2-1-3-5-17)23-16-6-8-18(9-7-16)25-14-20-13-22-25/h1-9,11-14H,10H2,(H,23,26). The monoisotopic (exact) mass is 344 g/mol. The smallest absolute Gasteiger partial charge is 0.228 e. The van der Waals surface area contributed by atoms with Crippen LogP contribution in [0.5, 0.6) is 0 Å². The highest BCUT2D eigenvalue weighted by atomic mass is 16.1. The van der Waals surface area contributed by atoms with Crippen LogP contribution in [0.2, 0.25) is 0 Å². The molecule has 0 aliphatic heterocycles. The second kappa shape index (κ2) is 7.02. The van der Waals surface area contributed by atoms with E-state index in [0.29, 0.717) is 0 Å². The summed E-state index contributed by atoms with van der Waals surface area (Å²) in [4.78, 5) is 16.2. The van der Waals surface area contributed by atoms with Crippen molar-refractivity contribution in [2.24, 2.45) is 0 Å². The number of nitrogens with one attached hydrogen (secondary N) is 1. The highest BCUT2D eigenvalue weighted by molar-refractivity contribution is 5.92. The van der Waals surface area contributed by atoms with Crippen molar-refractivity contribution in [3.05, 3.63) is 85.2 Å². The maximum Gasteiger partial charge on any atom is 0.228 e. The average molecular weight is 344 g/mol. The fraction of sp³-hybridized carbons (Fsp3) is 0.0526. The Hall–Kier alpha value is -3.74. The maximum absolute atomic E-state index is 12.3. The number of anilines is 1. The molecule has 26 heavy (non-hydrogen) atoms. The summed E-state index contributed by atoms with van der Waals surface area (Å²) in [5.41, 5.74) is 3.42. The van der Waals surface area contributed by atoms with Gasteiger partial charge in [-0.3, -0.25) is 4.79 Å². The van der Waals surface area contributed by atoms with E-state index in [1.165, 1.54) is 6.33 Å². The Bertz CT molecular complexity index is 990. The molecule has 1 amide bonds. The predicted molar refractivity (Wildman–Crippen MR) is 97.3 cm³/mol. The lowest BCUT2D eigenvalue weighted by molar-refractivity contribution is -0.115. The fourth-order valence-electron chi connectivity index (χ4n) is 2.60. The highest BCUT2D eigenvalue weighted by Crippen LogP contribution is 2.13. The van der Waals surface area contributed by atoms with Gasteiger partial charge in [-0.1, -0.05) is 18.2 Å². The van der Waals surface area contributed by atoms with Crippen LogP contribution in [0.15, 0.2) is 79.6 Å². The molecule has 2 heterocycles. The zero-order valence-electron chi connectivity index (χ0n) is 13.9. The van der Waals surface area contributed by atoms with Crippen molar-refractivity contribution in [1.82, 2.24) is 24.5 Å². The Balaban J connectivity index is 1.39. The molecule has 4 aromatic rings. The Kier molecular flexibility index (Phi) is 4.26. The first-order valence-corrected chi connectivity index (χ1v) is 8.12. The number of para-hydroxylation sites is 1. The van der Waals surface area contributed by atoms with Crippen molar-refractivity contribution in [2.75, 3.05) is 5.32 Å². The van der Waals surface area contributed by atoms with Crippen molar-refractivity contribution in [1.29, 1.82) is 0 Å². The van der Waals surface area contributed by atoms with Crippen LogP contribution in [0.4, 0.5) is 5.69 Å². The van der Waals surface area contributed by atoms with Crippen molar-refractivity contribution < 1.29 is 4.79 Å². The molecule has 7 nitrogen and oxygen atoms in total. The van der Waals surface area contributed by atoms with E-state index in [9.17, 15) is 4.79 Å². The average Bonchev–Trinajstić information content (AvgIpc) is 3.35. The van der Waals surface area contributed by atoms with E-state index in [-0.39, 0.29) is 12.3 Å². The number of hydrogen-bond acceptors (Lipinski definition) is 4. The van der Waals surface area contributed by atoms with E-state index in [1.807, 2.05) is 60.8 Å². The van der Waals surface area contributed by atoms with Gasteiger partial charge in [0.2, 0.25) is 5.91 Å². The summed E-state index contributed by atoms with van der Waals surface area (Å²) in [7, 11) is 0. The van der Waals surface area contributed by atoms with Crippen LogP contribution < -0.4 is 5.32 Å². The zero-order chi connectivity index (χ0) is 17.8. The lowest BCUT2D eigenvalue weighted by Gasteiger charge is -2.06. The molecular weight excluding hydrogens is 328 g/mol. The predicted octanol–water partition coefficient (Wildman–Crippen LogP) is 2.63. The molecule has 0 bridgehead atoms. The Morgan fingerprint density at radius 1 is 0.923 bits per heavy atom. The van der Waals surface area contributed by atoms with Gasteiger partial charge in [0.05, 0.1) is 24.0 Å². The van der Waals surface area contributed by atoms with E-state index in [0.717, 1.165) is 22.6 Å². The number of carbonyl (C=O) groups excluding carboxylic acids is 1. The van der Waals surface area contributed by atoms with E-state index in [2.05, 4.69) is 20.5 Å². The number of amides is 1. The number of aromatic nitrogens is 5. The van der Waals surface area contributed by atoms with Crippen molar-refractivity contribution in [2.45, 2.75) is 6.42 Å². The van der Waals surface area contributed by atoms with Gasteiger partial charge in [-0.15, -0.1) is 0 Å². The summed E-state index contributed by atoms with van der Waals surface area (Å²) in [5, 5.41) is 11.3. The minimum atomic E-state index is -0.0916. The molecule has 0 atom stereocenters. The normalized spacial score (nSPS) is 10.6. The third kappa shape index (κ3) is 3.51. The number of hydrogen-bond donors (Lipinski definition) is 1. The van der Waals surface area contributed by atoms with Crippen LogP contribution in [-0.2, 0) is 11.2 Å². The Morgan fingerprint density at radius 3 is 2.42 bits per heavy atom. The first-order chi connectivity index (χ1) is 12.8. The van der Waals surface area contributed by atoms with Gasteiger partial charge in [0.25, 0.3) is 0 Å². The summed E-state index contributed by atoms with van der Waals surface area (Å²) in [6, 6.07) is 17.2. The second-order valence-corrected chi connectivity index (χ2v) is 5.74. The molecule has 128 valence electrons. The lowest BCUT2D eigenvalue weighted by atomic mass is 10.2. The van der Waals surface area contributed by atoms with Crippen LogP contribution in [-0.4, -0.2) is 30.5 Å². The van der Waals surface area contributed by atoms with Gasteiger partial charge in [0, 0.05) is 11.9 Å². The maximum atomic E-state index is 12.3. The minimum Gasteiger partial charge on any atom is -0.326 e. The molecule has 4 rings (SSSR count). The molecule has 0 saturated heterocycles. The summed E-state index contributed by atoms with van der Waals surface area (Å²) in [5.74, 6) is -0.0916. The molecule has 2 aromatic heterocycles. The number of nitrogens with zero attached hydrogens (tertiary/aromatic N) is 5. The van der Waals surface area contributed by atoms with Gasteiger partial charge < -0.3 is 5.32 Å². The molecule has 2 aromatic carbocycles. The van der Waals surface area contributed by atoms with Gasteiger partial charge in [-0.25, -0.2) is 14.3 Å². The molecular formula is C19H16N6O. The third-order valence-corrected chi connectivity index (χ3v) is 3.86. The van der Waals surface area contributed by atoms with Gasteiger partial charge in [0.15, 0.2) is 0 Å². The lowest BCUT2D eigenvalue weighted by Crippen LogP contribution is -2.14. The Morgan fingerprint density at radius 2 is 1.69 bits per heavy atom. The highest BCUT2D eigenvalue weighted by Gasteiger charge is 2.07. The first kappa shape index (κ1) is 15.8. The van der Waals surface area contributed by atoms with Crippen molar-refractivity contribution in [3.63, 3.8) is 0 Å². The second-order valence-electron chi connectivity index (χ2n) is 5.74. The van der Waals surface area contributed by atoms with Crippen molar-refractivity contribution >= 4 is 11.6 Å². The summed E-state index contributed by atoms with van der Waals surface area (Å²) >= 11 is 0. The Labute approximate surface area is 149 Å². The minimum absolute atomic E-state index is 0.0916. The summed E-state index contributed by atoms with van der Waals surface area (Å²) in [6.07, 6.45) is 6.93. The molecule has 7 heteroatoms. The first-order valence-electron chi connectivity index (χ1n) is 8.12. The molecule has 0 saturated carbocycles. The SMILES string of the molecule is O=C(Cc1cnn(-c2ccccc2)c1)Nc1ccc(-n2cncn2)cc1. The van der Waals surface area contributed by atoms with E-state index >= 15 is 0 Å². The largest absolute Gasteiger partial charge is 0.326 e. The van der Waals surface area contributed by atoms with Gasteiger partial charge >= 0.3 is 0 Å².